The molecule has 2 heterocycles. The number of hydrogen-bond donors (Lipinski definition) is 11. The number of nitrogens with one attached hydrogen (secondary N) is 1. The van der Waals surface area contributed by atoms with Crippen molar-refractivity contribution in [2.24, 2.45) is 34.6 Å². The van der Waals surface area contributed by atoms with E-state index in [0.29, 0.717) is 0 Å². The van der Waals surface area contributed by atoms with Crippen molar-refractivity contribution in [3.63, 3.8) is 0 Å². The summed E-state index contributed by atoms with van der Waals surface area (Å²) in [6, 6.07) is -6.49. The fraction of sp³-hybridized carbons (Fsp3) is 0.853. The van der Waals surface area contributed by atoms with Gasteiger partial charge in [0.25, 0.3) is 0 Å². The van der Waals surface area contributed by atoms with Crippen molar-refractivity contribution in [1.82, 2.24) is 5.32 Å². The molecule has 0 amide bonds. The summed E-state index contributed by atoms with van der Waals surface area (Å²) in [5.74, 6) is -4.27. The second-order valence-electron chi connectivity index (χ2n) is 16.5. The van der Waals surface area contributed by atoms with Gasteiger partial charge in [-0.2, -0.15) is 0 Å². The van der Waals surface area contributed by atoms with Gasteiger partial charge in [-0.25, -0.2) is 0 Å². The first-order valence-electron chi connectivity index (χ1n) is 17.9. The molecule has 0 bridgehead atoms. The molecule has 312 valence electrons. The number of rotatable bonds is 13. The predicted molar refractivity (Wildman–Crippen MR) is 189 cm³/mol. The maximum Gasteiger partial charge on any atom is 0.326 e. The lowest BCUT2D eigenvalue weighted by Gasteiger charge is -2.52. The van der Waals surface area contributed by atoms with Gasteiger partial charge in [0.05, 0.1) is 30.7 Å². The maximum atomic E-state index is 14.1. The maximum absolute atomic E-state index is 14.1. The van der Waals surface area contributed by atoms with Gasteiger partial charge in [0, 0.05) is 12.6 Å². The van der Waals surface area contributed by atoms with E-state index in [1.807, 2.05) is 0 Å². The minimum atomic E-state index is -2.43. The molecule has 0 aromatic heterocycles. The van der Waals surface area contributed by atoms with E-state index in [-0.39, 0.29) is 25.4 Å². The number of esters is 2. The first kappa shape index (κ1) is 46.0. The Balaban J connectivity index is 2.03. The lowest BCUT2D eigenvalue weighted by Crippen LogP contribution is -2.76. The smallest absolute Gasteiger partial charge is 0.326 e. The predicted octanol–water partition coefficient (Wildman–Crippen LogP) is -4.56. The Morgan fingerprint density at radius 1 is 1.02 bits per heavy atom. The number of aliphatic hydroxyl groups excluding tert-OH is 4. The SMILES string of the molecule is CN[C@@H]1[C@@H](O)[C@@H](O[C@@H]2[C@@H](O)[C@H](O[C@H]3OC(C(N)CCO)=CC(C(=O)OC(C)(C)C)[C@H]3N)[C@@H](N)C[C@]2(N)C(=O)C(O)C(N)C(=O)OC(C)(C)C)OC[C@]1(C)O. The number of Topliss-reactive ketones (excluding diaryl/α,β-unsaturated/α-hetero) is 1. The van der Waals surface area contributed by atoms with Gasteiger partial charge in [-0.05, 0) is 74.4 Å². The molecule has 1 aliphatic carbocycles. The third-order valence-electron chi connectivity index (χ3n) is 9.42. The highest BCUT2D eigenvalue weighted by Crippen LogP contribution is 2.38. The van der Waals surface area contributed by atoms with E-state index < -0.39 is 126 Å². The van der Waals surface area contributed by atoms with Crippen LogP contribution in [0.2, 0.25) is 0 Å². The van der Waals surface area contributed by atoms with E-state index >= 15 is 0 Å². The Hall–Kier alpha value is -2.41. The zero-order chi connectivity index (χ0) is 41.3. The van der Waals surface area contributed by atoms with E-state index in [4.69, 9.17) is 57.1 Å². The molecule has 4 unspecified atom stereocenters. The number of nitrogens with two attached hydrogens (primary N) is 5. The number of carbonyl (C=O) groups is 3. The largest absolute Gasteiger partial charge is 0.466 e. The molecular weight excluding hydrogens is 716 g/mol. The summed E-state index contributed by atoms with van der Waals surface area (Å²) in [4.78, 5) is 40.2. The zero-order valence-electron chi connectivity index (χ0n) is 32.2. The highest BCUT2D eigenvalue weighted by molar-refractivity contribution is 5.97. The molecule has 1 saturated heterocycles. The fourth-order valence-electron chi connectivity index (χ4n) is 6.69. The number of aliphatic hydroxyl groups is 5. The quantitative estimate of drug-likeness (QED) is 0.0784. The topological polar surface area (TPSA) is 350 Å². The molecule has 2 fully saturated rings. The van der Waals surface area contributed by atoms with Gasteiger partial charge in [0.2, 0.25) is 6.29 Å². The van der Waals surface area contributed by atoms with Crippen LogP contribution in [0.3, 0.4) is 0 Å². The van der Waals surface area contributed by atoms with Crippen LogP contribution in [0, 0.1) is 5.92 Å². The number of ketones is 1. The minimum absolute atomic E-state index is 0.0322. The molecule has 0 spiro atoms. The van der Waals surface area contributed by atoms with Crippen LogP contribution in [0.4, 0.5) is 0 Å². The van der Waals surface area contributed by atoms with E-state index in [0.717, 1.165) is 0 Å². The van der Waals surface area contributed by atoms with Crippen molar-refractivity contribution < 1.29 is 68.3 Å². The monoisotopic (exact) mass is 778 g/mol. The Labute approximate surface area is 314 Å². The molecule has 3 aliphatic rings. The van der Waals surface area contributed by atoms with Crippen LogP contribution in [0.5, 0.6) is 0 Å². The molecule has 16 N–H and O–H groups in total. The van der Waals surface area contributed by atoms with Gasteiger partial charge in [0.1, 0.15) is 64.7 Å². The highest BCUT2D eigenvalue weighted by Gasteiger charge is 2.60. The van der Waals surface area contributed by atoms with Crippen LogP contribution < -0.4 is 34.0 Å². The Bertz CT molecular complexity index is 1360. The first-order valence-corrected chi connectivity index (χ1v) is 17.9. The second kappa shape index (κ2) is 17.4. The van der Waals surface area contributed by atoms with E-state index in [2.05, 4.69) is 5.32 Å². The highest BCUT2D eigenvalue weighted by atomic mass is 16.7. The summed E-state index contributed by atoms with van der Waals surface area (Å²) in [6.07, 6.45) is -11.7. The number of hydrogen-bond acceptors (Lipinski definition) is 20. The molecule has 1 saturated carbocycles. The first-order chi connectivity index (χ1) is 24.7. The summed E-state index contributed by atoms with van der Waals surface area (Å²) in [5.41, 5.74) is 26.0. The van der Waals surface area contributed by atoms with Gasteiger partial charge in [-0.3, -0.25) is 14.4 Å². The molecule has 3 rings (SSSR count). The minimum Gasteiger partial charge on any atom is -0.466 e. The Kier molecular flexibility index (Phi) is 14.8. The van der Waals surface area contributed by atoms with Crippen molar-refractivity contribution in [3.8, 4) is 0 Å². The number of likely N-dealkylation sites (N-methyl/N-ethyl adjacent to an activating group) is 1. The molecule has 2 aliphatic heterocycles. The fourth-order valence-corrected chi connectivity index (χ4v) is 6.69. The Morgan fingerprint density at radius 2 is 1.61 bits per heavy atom. The van der Waals surface area contributed by atoms with Crippen molar-refractivity contribution in [2.45, 2.75) is 157 Å². The van der Waals surface area contributed by atoms with Crippen LogP contribution in [0.25, 0.3) is 0 Å². The molecule has 15 atom stereocenters. The van der Waals surface area contributed by atoms with E-state index in [9.17, 15) is 39.9 Å². The normalized spacial score (nSPS) is 38.0. The van der Waals surface area contributed by atoms with E-state index in [1.54, 1.807) is 41.5 Å². The summed E-state index contributed by atoms with van der Waals surface area (Å²) >= 11 is 0. The van der Waals surface area contributed by atoms with Gasteiger partial charge >= 0.3 is 11.9 Å². The lowest BCUT2D eigenvalue weighted by molar-refractivity contribution is -0.309. The lowest BCUT2D eigenvalue weighted by atomic mass is 9.70. The van der Waals surface area contributed by atoms with Crippen LogP contribution in [0.1, 0.15) is 61.3 Å². The summed E-state index contributed by atoms with van der Waals surface area (Å²) in [7, 11) is 1.47. The van der Waals surface area contributed by atoms with Crippen LogP contribution >= 0.6 is 0 Å². The van der Waals surface area contributed by atoms with Gasteiger partial charge < -0.3 is 87.9 Å². The number of ether oxygens (including phenoxy) is 6. The van der Waals surface area contributed by atoms with Crippen molar-refractivity contribution in [1.29, 1.82) is 0 Å². The summed E-state index contributed by atoms with van der Waals surface area (Å²) in [6.45, 7) is 10.4. The Morgan fingerprint density at radius 3 is 2.15 bits per heavy atom. The molecule has 20 nitrogen and oxygen atoms in total. The average molecular weight is 779 g/mol. The van der Waals surface area contributed by atoms with Crippen molar-refractivity contribution >= 4 is 17.7 Å². The number of carbonyl (C=O) groups excluding carboxylic acids is 3. The van der Waals surface area contributed by atoms with Gasteiger partial charge in [-0.1, -0.05) is 0 Å². The summed E-state index contributed by atoms with van der Waals surface area (Å²) < 4.78 is 34.6. The van der Waals surface area contributed by atoms with Gasteiger partial charge in [0.15, 0.2) is 12.1 Å². The van der Waals surface area contributed by atoms with Gasteiger partial charge in [-0.15, -0.1) is 0 Å². The molecular formula is C34H62N6O14. The zero-order valence-corrected chi connectivity index (χ0v) is 32.2. The van der Waals surface area contributed by atoms with Crippen LogP contribution in [0.15, 0.2) is 11.8 Å². The molecule has 20 heteroatoms. The molecule has 54 heavy (non-hydrogen) atoms. The van der Waals surface area contributed by atoms with Crippen molar-refractivity contribution in [2.75, 3.05) is 20.3 Å². The summed E-state index contributed by atoms with van der Waals surface area (Å²) in [5, 5.41) is 57.4. The third kappa shape index (κ3) is 10.5. The second-order valence-corrected chi connectivity index (χ2v) is 16.5. The molecule has 0 aromatic rings. The molecule has 0 radical (unpaired) electrons. The van der Waals surface area contributed by atoms with Crippen LogP contribution in [-0.4, -0.2) is 159 Å². The molecule has 0 aromatic carbocycles. The van der Waals surface area contributed by atoms with Crippen molar-refractivity contribution in [3.05, 3.63) is 11.8 Å². The standard InChI is InChI=1S/C34H62N6O14/c1-31(2,3)53-27(46)14-11-17(15(35)9-10-41)50-29(18(14)37)51-23-16(36)12-34(39,25(45)20(42)19(38)28(47)54-32(4,5)6)26(21(23)43)52-30-22(44)24(40-8)33(7,48)13-49-30/h11,14-16,18-24,26,29-30,40-44,48H,9-10,12-13,35-39H2,1-8H3/t14?,15?,16-,18+,19?,20?,21-,22+,23+,24+,26+,29+,30+,33-,34-/m0/s1. The third-order valence-corrected chi connectivity index (χ3v) is 9.42. The van der Waals surface area contributed by atoms with Crippen LogP contribution in [-0.2, 0) is 42.8 Å². The average Bonchev–Trinajstić information content (AvgIpc) is 3.03. The van der Waals surface area contributed by atoms with E-state index in [1.165, 1.54) is 20.0 Å².